The molecule has 0 amide bonds. The van der Waals surface area contributed by atoms with Gasteiger partial charge in [0.05, 0.1) is 7.11 Å². The van der Waals surface area contributed by atoms with Crippen LogP contribution in [0.15, 0.2) is 36.7 Å². The Balaban J connectivity index is 1.59. The zero-order valence-electron chi connectivity index (χ0n) is 13.9. The summed E-state index contributed by atoms with van der Waals surface area (Å²) in [6.45, 7) is 2.22. The highest BCUT2D eigenvalue weighted by Gasteiger charge is 2.26. The van der Waals surface area contributed by atoms with Crippen LogP contribution in [0, 0.1) is 0 Å². The van der Waals surface area contributed by atoms with Crippen molar-refractivity contribution < 1.29 is 14.2 Å². The number of benzene rings is 1. The number of rotatable bonds is 4. The molecule has 2 aromatic rings. The van der Waals surface area contributed by atoms with Gasteiger partial charge < -0.3 is 14.2 Å². The first-order valence-corrected chi connectivity index (χ1v) is 8.45. The Morgan fingerprint density at radius 1 is 1.29 bits per heavy atom. The molecule has 126 valence electrons. The molecule has 0 N–H and O–H groups in total. The van der Waals surface area contributed by atoms with Gasteiger partial charge in [0, 0.05) is 25.0 Å². The van der Waals surface area contributed by atoms with Crippen molar-refractivity contribution >= 4 is 0 Å². The summed E-state index contributed by atoms with van der Waals surface area (Å²) in [5, 5.41) is 0. The van der Waals surface area contributed by atoms with Crippen LogP contribution in [0.5, 0.6) is 17.2 Å². The Hall–Kier alpha value is -2.27. The fourth-order valence-corrected chi connectivity index (χ4v) is 3.64. The van der Waals surface area contributed by atoms with Crippen molar-refractivity contribution in [1.29, 1.82) is 0 Å². The number of likely N-dealkylation sites (tertiary alicyclic amines) is 1. The van der Waals surface area contributed by atoms with Gasteiger partial charge in [-0.2, -0.15) is 0 Å². The fraction of sp³-hybridized carbons (Fsp3) is 0.421. The van der Waals surface area contributed by atoms with Gasteiger partial charge in [0.1, 0.15) is 0 Å². The standard InChI is InChI=1S/C19H22N2O3/c1-22-17-9-14(10-18-19(17)24-13-23-18)12-21-8-3-2-6-16(21)15-5-4-7-20-11-15/h4-5,7,9-11,16H,2-3,6,8,12-13H2,1H3/t16-/m1/s1. The number of methoxy groups -OCH3 is 1. The molecular weight excluding hydrogens is 304 g/mol. The minimum atomic E-state index is 0.261. The van der Waals surface area contributed by atoms with E-state index in [-0.39, 0.29) is 6.79 Å². The topological polar surface area (TPSA) is 43.8 Å². The van der Waals surface area contributed by atoms with Gasteiger partial charge in [0.2, 0.25) is 12.5 Å². The second-order valence-electron chi connectivity index (χ2n) is 6.30. The van der Waals surface area contributed by atoms with Crippen molar-refractivity contribution in [1.82, 2.24) is 9.88 Å². The Bertz CT molecular complexity index is 705. The quantitative estimate of drug-likeness (QED) is 0.860. The Kier molecular flexibility index (Phi) is 4.26. The van der Waals surface area contributed by atoms with E-state index in [9.17, 15) is 0 Å². The molecule has 2 aliphatic heterocycles. The summed E-state index contributed by atoms with van der Waals surface area (Å²) >= 11 is 0. The normalized spacial score (nSPS) is 20.1. The molecule has 24 heavy (non-hydrogen) atoms. The van der Waals surface area contributed by atoms with E-state index in [1.165, 1.54) is 30.4 Å². The first-order chi connectivity index (χ1) is 11.8. The molecule has 1 aromatic heterocycles. The van der Waals surface area contributed by atoms with E-state index >= 15 is 0 Å². The molecule has 0 spiro atoms. The second-order valence-corrected chi connectivity index (χ2v) is 6.30. The van der Waals surface area contributed by atoms with E-state index < -0.39 is 0 Å². The molecule has 4 rings (SSSR count). The van der Waals surface area contributed by atoms with Crippen LogP contribution in [-0.2, 0) is 6.54 Å². The molecule has 3 heterocycles. The predicted octanol–water partition coefficient (Wildman–Crippen LogP) is 3.55. The molecule has 1 atom stereocenters. The second kappa shape index (κ2) is 6.69. The average Bonchev–Trinajstić information content (AvgIpc) is 3.11. The van der Waals surface area contributed by atoms with Gasteiger partial charge in [0.15, 0.2) is 11.5 Å². The number of nitrogens with zero attached hydrogens (tertiary/aromatic N) is 2. The summed E-state index contributed by atoms with van der Waals surface area (Å²) in [4.78, 5) is 6.82. The highest BCUT2D eigenvalue weighted by atomic mass is 16.7. The van der Waals surface area contributed by atoms with Crippen LogP contribution in [0.2, 0.25) is 0 Å². The molecule has 0 unspecified atom stereocenters. The average molecular weight is 326 g/mol. The van der Waals surface area contributed by atoms with Crippen LogP contribution in [-0.4, -0.2) is 30.3 Å². The molecule has 5 nitrogen and oxygen atoms in total. The van der Waals surface area contributed by atoms with Crippen LogP contribution in [0.4, 0.5) is 0 Å². The van der Waals surface area contributed by atoms with Crippen LogP contribution in [0.3, 0.4) is 0 Å². The zero-order chi connectivity index (χ0) is 16.4. The van der Waals surface area contributed by atoms with Gasteiger partial charge in [-0.25, -0.2) is 0 Å². The van der Waals surface area contributed by atoms with Crippen molar-refractivity contribution in [2.45, 2.75) is 31.8 Å². The third-order valence-corrected chi connectivity index (χ3v) is 4.79. The van der Waals surface area contributed by atoms with Gasteiger partial charge >= 0.3 is 0 Å². The fourth-order valence-electron chi connectivity index (χ4n) is 3.64. The molecule has 0 radical (unpaired) electrons. The number of hydrogen-bond donors (Lipinski definition) is 0. The summed E-state index contributed by atoms with van der Waals surface area (Å²) in [5.74, 6) is 2.23. The predicted molar refractivity (Wildman–Crippen MR) is 90.4 cm³/mol. The van der Waals surface area contributed by atoms with Crippen molar-refractivity contribution in [2.75, 3.05) is 20.4 Å². The number of aromatic nitrogens is 1. The number of hydrogen-bond acceptors (Lipinski definition) is 5. The number of pyridine rings is 1. The molecule has 0 saturated carbocycles. The van der Waals surface area contributed by atoms with Crippen molar-refractivity contribution in [3.63, 3.8) is 0 Å². The Morgan fingerprint density at radius 2 is 2.25 bits per heavy atom. The number of ether oxygens (including phenoxy) is 3. The third-order valence-electron chi connectivity index (χ3n) is 4.79. The van der Waals surface area contributed by atoms with E-state index in [0.29, 0.717) is 11.8 Å². The van der Waals surface area contributed by atoms with Crippen molar-refractivity contribution in [3.05, 3.63) is 47.8 Å². The molecule has 0 aliphatic carbocycles. The molecule has 1 saturated heterocycles. The minimum absolute atomic E-state index is 0.261. The smallest absolute Gasteiger partial charge is 0.231 e. The minimum Gasteiger partial charge on any atom is -0.493 e. The summed E-state index contributed by atoms with van der Waals surface area (Å²) < 4.78 is 16.5. The van der Waals surface area contributed by atoms with E-state index in [4.69, 9.17) is 14.2 Å². The lowest BCUT2D eigenvalue weighted by Crippen LogP contribution is -2.33. The summed E-state index contributed by atoms with van der Waals surface area (Å²) in [5.41, 5.74) is 2.48. The van der Waals surface area contributed by atoms with Gasteiger partial charge in [-0.3, -0.25) is 9.88 Å². The lowest BCUT2D eigenvalue weighted by molar-refractivity contribution is 0.140. The molecule has 1 aromatic carbocycles. The van der Waals surface area contributed by atoms with E-state index in [1.54, 1.807) is 7.11 Å². The largest absolute Gasteiger partial charge is 0.493 e. The number of fused-ring (bicyclic) bond motifs is 1. The van der Waals surface area contributed by atoms with E-state index in [1.807, 2.05) is 18.5 Å². The Morgan fingerprint density at radius 3 is 3.08 bits per heavy atom. The summed E-state index contributed by atoms with van der Waals surface area (Å²) in [7, 11) is 1.67. The molecular formula is C19H22N2O3. The first-order valence-electron chi connectivity index (χ1n) is 8.45. The zero-order valence-corrected chi connectivity index (χ0v) is 13.9. The maximum absolute atomic E-state index is 5.55. The Labute approximate surface area is 142 Å². The monoisotopic (exact) mass is 326 g/mol. The van der Waals surface area contributed by atoms with Gasteiger partial charge in [-0.1, -0.05) is 12.5 Å². The maximum Gasteiger partial charge on any atom is 0.231 e. The number of piperidine rings is 1. The van der Waals surface area contributed by atoms with Crippen LogP contribution in [0.25, 0.3) is 0 Å². The lowest BCUT2D eigenvalue weighted by Gasteiger charge is -2.36. The molecule has 1 fully saturated rings. The molecule has 5 heteroatoms. The molecule has 2 aliphatic rings. The lowest BCUT2D eigenvalue weighted by atomic mass is 9.95. The van der Waals surface area contributed by atoms with Gasteiger partial charge in [0.25, 0.3) is 0 Å². The summed E-state index contributed by atoms with van der Waals surface area (Å²) in [6, 6.07) is 8.74. The van der Waals surface area contributed by atoms with Gasteiger partial charge in [-0.15, -0.1) is 0 Å². The van der Waals surface area contributed by atoms with Crippen LogP contribution >= 0.6 is 0 Å². The highest BCUT2D eigenvalue weighted by molar-refractivity contribution is 5.55. The SMILES string of the molecule is COc1cc(CN2CCCC[C@@H]2c2cccnc2)cc2c1OCO2. The van der Waals surface area contributed by atoms with Crippen molar-refractivity contribution in [2.24, 2.45) is 0 Å². The van der Waals surface area contributed by atoms with Crippen LogP contribution in [0.1, 0.15) is 36.4 Å². The summed E-state index contributed by atoms with van der Waals surface area (Å²) in [6.07, 6.45) is 7.49. The maximum atomic E-state index is 5.55. The van der Waals surface area contributed by atoms with Crippen LogP contribution < -0.4 is 14.2 Å². The highest BCUT2D eigenvalue weighted by Crippen LogP contribution is 2.42. The molecule has 0 bridgehead atoms. The van der Waals surface area contributed by atoms with Gasteiger partial charge in [-0.05, 0) is 48.7 Å². The van der Waals surface area contributed by atoms with E-state index in [2.05, 4.69) is 28.1 Å². The first kappa shape index (κ1) is 15.3. The van der Waals surface area contributed by atoms with E-state index in [0.717, 1.165) is 24.6 Å². The third kappa shape index (κ3) is 2.91. The van der Waals surface area contributed by atoms with Crippen molar-refractivity contribution in [3.8, 4) is 17.2 Å².